The van der Waals surface area contributed by atoms with Gasteiger partial charge in [0.2, 0.25) is 0 Å². The zero-order valence-electron chi connectivity index (χ0n) is 14.4. The fourth-order valence-electron chi connectivity index (χ4n) is 2.64. The van der Waals surface area contributed by atoms with Gasteiger partial charge in [-0.1, -0.05) is 42.1 Å². The summed E-state index contributed by atoms with van der Waals surface area (Å²) in [5.41, 5.74) is 2.74. The number of nitrogens with zero attached hydrogens (tertiary/aromatic N) is 3. The highest BCUT2D eigenvalue weighted by Gasteiger charge is 2.16. The Kier molecular flexibility index (Phi) is 5.56. The van der Waals surface area contributed by atoms with Crippen LogP contribution in [0.3, 0.4) is 0 Å². The maximum atomic E-state index is 12.9. The lowest BCUT2D eigenvalue weighted by atomic mass is 10.1. The number of carbonyl (C=O) groups excluding carboxylic acids is 1. The molecule has 2 aromatic carbocycles. The number of benzene rings is 2. The van der Waals surface area contributed by atoms with Gasteiger partial charge in [-0.2, -0.15) is 0 Å². The van der Waals surface area contributed by atoms with Gasteiger partial charge in [0.15, 0.2) is 5.16 Å². The molecule has 0 fully saturated rings. The fourth-order valence-corrected chi connectivity index (χ4v) is 3.52. The summed E-state index contributed by atoms with van der Waals surface area (Å²) >= 11 is 1.66. The van der Waals surface area contributed by atoms with Gasteiger partial charge in [0.1, 0.15) is 0 Å². The number of para-hydroxylation sites is 1. The molecule has 0 aliphatic carbocycles. The van der Waals surface area contributed by atoms with Crippen LogP contribution >= 0.6 is 11.8 Å². The minimum atomic E-state index is 0.0255. The van der Waals surface area contributed by atoms with Crippen molar-refractivity contribution in [2.24, 2.45) is 7.05 Å². The highest BCUT2D eigenvalue weighted by molar-refractivity contribution is 7.98. The zero-order chi connectivity index (χ0) is 17.6. The molecule has 0 N–H and O–H groups in total. The van der Waals surface area contributed by atoms with Crippen LogP contribution in [0.2, 0.25) is 0 Å². The van der Waals surface area contributed by atoms with E-state index in [-0.39, 0.29) is 5.91 Å². The van der Waals surface area contributed by atoms with Crippen molar-refractivity contribution in [3.8, 4) is 0 Å². The van der Waals surface area contributed by atoms with Crippen LogP contribution < -0.4 is 4.90 Å². The number of amides is 1. The standard InChI is InChI=1S/C20H21N3OS/c1-3-23(18-10-5-4-6-11-18)19(24)17-9-7-8-16(14-17)15-25-20-21-12-13-22(20)2/h4-14H,3,15H2,1-2H3. The lowest BCUT2D eigenvalue weighted by Gasteiger charge is -2.21. The molecule has 0 atom stereocenters. The van der Waals surface area contributed by atoms with E-state index in [4.69, 9.17) is 0 Å². The highest BCUT2D eigenvalue weighted by atomic mass is 32.2. The maximum Gasteiger partial charge on any atom is 0.258 e. The predicted octanol–water partition coefficient (Wildman–Crippen LogP) is 4.38. The molecular formula is C20H21N3OS. The van der Waals surface area contributed by atoms with Crippen LogP contribution in [0.15, 0.2) is 72.1 Å². The predicted molar refractivity (Wildman–Crippen MR) is 103 cm³/mol. The summed E-state index contributed by atoms with van der Waals surface area (Å²) in [5.74, 6) is 0.807. The Balaban J connectivity index is 1.76. The first-order valence-electron chi connectivity index (χ1n) is 8.25. The number of imidazole rings is 1. The molecule has 3 rings (SSSR count). The van der Waals surface area contributed by atoms with Gasteiger partial charge in [-0.3, -0.25) is 4.79 Å². The molecule has 3 aromatic rings. The van der Waals surface area contributed by atoms with Gasteiger partial charge in [0.25, 0.3) is 5.91 Å². The van der Waals surface area contributed by atoms with Gasteiger partial charge in [-0.25, -0.2) is 4.98 Å². The molecule has 0 spiro atoms. The third kappa shape index (κ3) is 4.12. The number of hydrogen-bond donors (Lipinski definition) is 0. The second-order valence-electron chi connectivity index (χ2n) is 5.69. The first-order valence-corrected chi connectivity index (χ1v) is 9.23. The van der Waals surface area contributed by atoms with Crippen molar-refractivity contribution in [3.63, 3.8) is 0 Å². The molecule has 25 heavy (non-hydrogen) atoms. The largest absolute Gasteiger partial charge is 0.329 e. The molecule has 1 heterocycles. The van der Waals surface area contributed by atoms with Crippen LogP contribution in [0.25, 0.3) is 0 Å². The number of carbonyl (C=O) groups is 1. The summed E-state index contributed by atoms with van der Waals surface area (Å²) in [6.45, 7) is 2.63. The molecule has 0 unspecified atom stereocenters. The van der Waals surface area contributed by atoms with E-state index in [0.717, 1.165) is 22.2 Å². The molecule has 0 radical (unpaired) electrons. The maximum absolute atomic E-state index is 12.9. The number of aryl methyl sites for hydroxylation is 1. The normalized spacial score (nSPS) is 10.6. The Labute approximate surface area is 152 Å². The van der Waals surface area contributed by atoms with Crippen LogP contribution in [-0.2, 0) is 12.8 Å². The van der Waals surface area contributed by atoms with E-state index in [2.05, 4.69) is 4.98 Å². The molecule has 0 saturated carbocycles. The van der Waals surface area contributed by atoms with Crippen molar-refractivity contribution in [1.82, 2.24) is 9.55 Å². The summed E-state index contributed by atoms with van der Waals surface area (Å²) in [5, 5.41) is 0.969. The minimum absolute atomic E-state index is 0.0255. The van der Waals surface area contributed by atoms with Gasteiger partial charge in [-0.05, 0) is 36.8 Å². The monoisotopic (exact) mass is 351 g/mol. The van der Waals surface area contributed by atoms with Crippen molar-refractivity contribution in [2.45, 2.75) is 17.8 Å². The average Bonchev–Trinajstić information content (AvgIpc) is 3.06. The summed E-state index contributed by atoms with van der Waals surface area (Å²) in [4.78, 5) is 19.0. The Morgan fingerprint density at radius 3 is 2.64 bits per heavy atom. The first kappa shape index (κ1) is 17.3. The van der Waals surface area contributed by atoms with Crippen LogP contribution in [0.4, 0.5) is 5.69 Å². The van der Waals surface area contributed by atoms with Crippen LogP contribution in [0.1, 0.15) is 22.8 Å². The van der Waals surface area contributed by atoms with E-state index >= 15 is 0 Å². The summed E-state index contributed by atoms with van der Waals surface area (Å²) < 4.78 is 1.99. The topological polar surface area (TPSA) is 38.1 Å². The van der Waals surface area contributed by atoms with Crippen LogP contribution in [-0.4, -0.2) is 22.0 Å². The van der Waals surface area contributed by atoms with Gasteiger partial charge in [0.05, 0.1) is 0 Å². The summed E-state index contributed by atoms with van der Waals surface area (Å²) in [6.07, 6.45) is 3.72. The van der Waals surface area contributed by atoms with Crippen molar-refractivity contribution in [2.75, 3.05) is 11.4 Å². The molecule has 0 saturated heterocycles. The Morgan fingerprint density at radius 2 is 1.96 bits per heavy atom. The second kappa shape index (κ2) is 8.03. The SMILES string of the molecule is CCN(C(=O)c1cccc(CSc2nccn2C)c1)c1ccccc1. The molecule has 0 aliphatic heterocycles. The molecular weight excluding hydrogens is 330 g/mol. The molecule has 0 aliphatic rings. The van der Waals surface area contributed by atoms with Gasteiger partial charge in [-0.15, -0.1) is 0 Å². The molecule has 1 amide bonds. The average molecular weight is 351 g/mol. The van der Waals surface area contributed by atoms with Crippen molar-refractivity contribution in [3.05, 3.63) is 78.1 Å². The van der Waals surface area contributed by atoms with Gasteiger partial charge >= 0.3 is 0 Å². The molecule has 5 heteroatoms. The van der Waals surface area contributed by atoms with Crippen molar-refractivity contribution in [1.29, 1.82) is 0 Å². The first-order chi connectivity index (χ1) is 12.2. The molecule has 1 aromatic heterocycles. The third-order valence-corrected chi connectivity index (χ3v) is 5.08. The smallest absolute Gasteiger partial charge is 0.258 e. The fraction of sp³-hybridized carbons (Fsp3) is 0.200. The van der Waals surface area contributed by atoms with Gasteiger partial charge in [0, 0.05) is 43.0 Å². The molecule has 0 bridgehead atoms. The summed E-state index contributed by atoms with van der Waals surface area (Å²) in [6, 6.07) is 17.6. The third-order valence-electron chi connectivity index (χ3n) is 3.95. The van der Waals surface area contributed by atoms with Crippen molar-refractivity contribution < 1.29 is 4.79 Å². The van der Waals surface area contributed by atoms with Gasteiger partial charge < -0.3 is 9.47 Å². The molecule has 128 valence electrons. The second-order valence-corrected chi connectivity index (χ2v) is 6.64. The Bertz CT molecular complexity index is 845. The van der Waals surface area contributed by atoms with E-state index in [1.807, 2.05) is 79.3 Å². The Morgan fingerprint density at radius 1 is 1.16 bits per heavy atom. The Hall–Kier alpha value is -2.53. The van der Waals surface area contributed by atoms with Crippen molar-refractivity contribution >= 4 is 23.4 Å². The molecule has 4 nitrogen and oxygen atoms in total. The zero-order valence-corrected chi connectivity index (χ0v) is 15.2. The lowest BCUT2D eigenvalue weighted by Crippen LogP contribution is -2.30. The minimum Gasteiger partial charge on any atom is -0.329 e. The van der Waals surface area contributed by atoms with Crippen LogP contribution in [0.5, 0.6) is 0 Å². The number of anilines is 1. The van der Waals surface area contributed by atoms with E-state index in [9.17, 15) is 4.79 Å². The van der Waals surface area contributed by atoms with Crippen LogP contribution in [0, 0.1) is 0 Å². The van der Waals surface area contributed by atoms with E-state index in [1.165, 1.54) is 0 Å². The number of thioether (sulfide) groups is 1. The summed E-state index contributed by atoms with van der Waals surface area (Å²) in [7, 11) is 1.98. The number of hydrogen-bond acceptors (Lipinski definition) is 3. The number of aromatic nitrogens is 2. The lowest BCUT2D eigenvalue weighted by molar-refractivity contribution is 0.0988. The van der Waals surface area contributed by atoms with E-state index in [1.54, 1.807) is 22.9 Å². The van der Waals surface area contributed by atoms with E-state index in [0.29, 0.717) is 12.1 Å². The number of rotatable bonds is 6. The quantitative estimate of drug-likeness (QED) is 0.619. The van der Waals surface area contributed by atoms with E-state index < -0.39 is 0 Å². The highest BCUT2D eigenvalue weighted by Crippen LogP contribution is 2.22.